The standard InChI is InChI=1S/C17H19ClN6/c18-13-1-2-15(20-10-13)24-8-5-14-16(21-11-22-17(14)24)23-6-3-12(9-19)4-7-23/h1-2,5,8,10-12H,3-4,6-7,9,19H2. The molecule has 0 saturated carbocycles. The third kappa shape index (κ3) is 2.72. The van der Waals surface area contributed by atoms with E-state index in [1.54, 1.807) is 12.5 Å². The number of anilines is 1. The summed E-state index contributed by atoms with van der Waals surface area (Å²) in [4.78, 5) is 15.7. The zero-order chi connectivity index (χ0) is 16.5. The Labute approximate surface area is 145 Å². The van der Waals surface area contributed by atoms with Crippen LogP contribution in [0, 0.1) is 5.92 Å². The Hall–Kier alpha value is -2.18. The highest BCUT2D eigenvalue weighted by molar-refractivity contribution is 6.30. The smallest absolute Gasteiger partial charge is 0.151 e. The van der Waals surface area contributed by atoms with Crippen LogP contribution in [-0.4, -0.2) is 39.2 Å². The van der Waals surface area contributed by atoms with E-state index in [2.05, 4.69) is 25.9 Å². The monoisotopic (exact) mass is 342 g/mol. The first kappa shape index (κ1) is 15.4. The van der Waals surface area contributed by atoms with Crippen LogP contribution in [0.1, 0.15) is 12.8 Å². The second-order valence-electron chi connectivity index (χ2n) is 6.12. The maximum absolute atomic E-state index is 5.93. The van der Waals surface area contributed by atoms with Gasteiger partial charge in [0.2, 0.25) is 0 Å². The van der Waals surface area contributed by atoms with E-state index in [0.29, 0.717) is 10.9 Å². The maximum Gasteiger partial charge on any atom is 0.151 e. The van der Waals surface area contributed by atoms with Crippen molar-refractivity contribution in [2.24, 2.45) is 11.7 Å². The number of hydrogen-bond donors (Lipinski definition) is 1. The third-order valence-corrected chi connectivity index (χ3v) is 4.89. The van der Waals surface area contributed by atoms with E-state index < -0.39 is 0 Å². The van der Waals surface area contributed by atoms with Crippen molar-refractivity contribution < 1.29 is 0 Å². The summed E-state index contributed by atoms with van der Waals surface area (Å²) in [5.74, 6) is 2.41. The minimum Gasteiger partial charge on any atom is -0.356 e. The van der Waals surface area contributed by atoms with Crippen molar-refractivity contribution in [1.29, 1.82) is 0 Å². The summed E-state index contributed by atoms with van der Waals surface area (Å²) in [6.45, 7) is 2.74. The Morgan fingerprint density at radius 1 is 1.12 bits per heavy atom. The molecular weight excluding hydrogens is 324 g/mol. The molecule has 2 N–H and O–H groups in total. The molecule has 4 rings (SSSR count). The molecule has 1 fully saturated rings. The van der Waals surface area contributed by atoms with Gasteiger partial charge in [0.15, 0.2) is 5.65 Å². The fraction of sp³-hybridized carbons (Fsp3) is 0.353. The number of nitrogens with two attached hydrogens (primary N) is 1. The Morgan fingerprint density at radius 3 is 2.67 bits per heavy atom. The molecule has 7 heteroatoms. The topological polar surface area (TPSA) is 72.9 Å². The summed E-state index contributed by atoms with van der Waals surface area (Å²) in [5, 5.41) is 1.66. The molecule has 6 nitrogen and oxygen atoms in total. The number of aromatic nitrogens is 4. The van der Waals surface area contributed by atoms with Crippen molar-refractivity contribution in [3.05, 3.63) is 41.9 Å². The van der Waals surface area contributed by atoms with Crippen molar-refractivity contribution in [3.63, 3.8) is 0 Å². The molecule has 3 aromatic heterocycles. The van der Waals surface area contributed by atoms with Crippen molar-refractivity contribution in [3.8, 4) is 5.82 Å². The van der Waals surface area contributed by atoms with Crippen LogP contribution < -0.4 is 10.6 Å². The minimum atomic E-state index is 0.619. The van der Waals surface area contributed by atoms with Gasteiger partial charge < -0.3 is 10.6 Å². The number of fused-ring (bicyclic) bond motifs is 1. The van der Waals surface area contributed by atoms with Crippen LogP contribution in [0.4, 0.5) is 5.82 Å². The third-order valence-electron chi connectivity index (χ3n) is 4.67. The van der Waals surface area contributed by atoms with Crippen LogP contribution in [0.3, 0.4) is 0 Å². The molecule has 1 aliphatic heterocycles. The molecule has 3 aromatic rings. The summed E-state index contributed by atoms with van der Waals surface area (Å²) >= 11 is 5.93. The number of nitrogens with zero attached hydrogens (tertiary/aromatic N) is 5. The number of rotatable bonds is 3. The number of hydrogen-bond acceptors (Lipinski definition) is 5. The van der Waals surface area contributed by atoms with Gasteiger partial charge >= 0.3 is 0 Å². The van der Waals surface area contributed by atoms with Gasteiger partial charge in [-0.1, -0.05) is 11.6 Å². The van der Waals surface area contributed by atoms with Gasteiger partial charge in [-0.15, -0.1) is 0 Å². The van der Waals surface area contributed by atoms with Crippen molar-refractivity contribution in [2.45, 2.75) is 12.8 Å². The van der Waals surface area contributed by atoms with Crippen LogP contribution in [0.5, 0.6) is 0 Å². The van der Waals surface area contributed by atoms with E-state index in [1.165, 1.54) is 0 Å². The van der Waals surface area contributed by atoms with Gasteiger partial charge in [0.25, 0.3) is 0 Å². The largest absolute Gasteiger partial charge is 0.356 e. The molecule has 1 saturated heterocycles. The van der Waals surface area contributed by atoms with Crippen molar-refractivity contribution >= 4 is 28.5 Å². The van der Waals surface area contributed by atoms with Gasteiger partial charge in [0.1, 0.15) is 18.0 Å². The van der Waals surface area contributed by atoms with Gasteiger partial charge in [-0.3, -0.25) is 4.57 Å². The van der Waals surface area contributed by atoms with E-state index >= 15 is 0 Å². The first-order valence-electron chi connectivity index (χ1n) is 8.15. The fourth-order valence-corrected chi connectivity index (χ4v) is 3.38. The molecule has 0 spiro atoms. The summed E-state index contributed by atoms with van der Waals surface area (Å²) in [7, 11) is 0. The van der Waals surface area contributed by atoms with Crippen LogP contribution in [0.25, 0.3) is 16.9 Å². The zero-order valence-corrected chi connectivity index (χ0v) is 14.0. The highest BCUT2D eigenvalue weighted by Gasteiger charge is 2.21. The predicted molar refractivity (Wildman–Crippen MR) is 95.7 cm³/mol. The van der Waals surface area contributed by atoms with E-state index in [1.807, 2.05) is 22.9 Å². The zero-order valence-electron chi connectivity index (χ0n) is 13.3. The number of halogens is 1. The molecule has 0 unspecified atom stereocenters. The van der Waals surface area contributed by atoms with E-state index in [4.69, 9.17) is 17.3 Å². The second-order valence-corrected chi connectivity index (χ2v) is 6.56. The lowest BCUT2D eigenvalue weighted by atomic mass is 9.97. The number of pyridine rings is 1. The SMILES string of the molecule is NCC1CCN(c2ncnc3c2ccn3-c2ccc(Cl)cn2)CC1. The number of piperidine rings is 1. The molecule has 0 atom stereocenters. The van der Waals surface area contributed by atoms with E-state index in [9.17, 15) is 0 Å². The van der Waals surface area contributed by atoms with Gasteiger partial charge in [-0.05, 0) is 43.5 Å². The summed E-state index contributed by atoms with van der Waals surface area (Å²) in [6.07, 6.45) is 7.47. The minimum absolute atomic E-state index is 0.619. The first-order chi connectivity index (χ1) is 11.8. The molecule has 124 valence electrons. The van der Waals surface area contributed by atoms with E-state index in [-0.39, 0.29) is 0 Å². The van der Waals surface area contributed by atoms with Crippen LogP contribution in [0.2, 0.25) is 5.02 Å². The molecule has 1 aliphatic rings. The van der Waals surface area contributed by atoms with Gasteiger partial charge in [0, 0.05) is 25.5 Å². The highest BCUT2D eigenvalue weighted by Crippen LogP contribution is 2.28. The average molecular weight is 343 g/mol. The molecule has 0 amide bonds. The Bertz CT molecular complexity index is 836. The lowest BCUT2D eigenvalue weighted by Gasteiger charge is -2.32. The van der Waals surface area contributed by atoms with Crippen LogP contribution in [-0.2, 0) is 0 Å². The van der Waals surface area contributed by atoms with Gasteiger partial charge in [-0.2, -0.15) is 0 Å². The van der Waals surface area contributed by atoms with Crippen LogP contribution >= 0.6 is 11.6 Å². The second kappa shape index (κ2) is 6.37. The lowest BCUT2D eigenvalue weighted by Crippen LogP contribution is -2.36. The first-order valence-corrected chi connectivity index (χ1v) is 8.53. The van der Waals surface area contributed by atoms with Gasteiger partial charge in [-0.25, -0.2) is 15.0 Å². The predicted octanol–water partition coefficient (Wildman–Crippen LogP) is 2.64. The molecule has 24 heavy (non-hydrogen) atoms. The lowest BCUT2D eigenvalue weighted by molar-refractivity contribution is 0.413. The van der Waals surface area contributed by atoms with Crippen molar-refractivity contribution in [2.75, 3.05) is 24.5 Å². The van der Waals surface area contributed by atoms with E-state index in [0.717, 1.165) is 55.1 Å². The quantitative estimate of drug-likeness (QED) is 0.792. The summed E-state index contributed by atoms with van der Waals surface area (Å²) in [5.41, 5.74) is 6.65. The van der Waals surface area contributed by atoms with Crippen LogP contribution in [0.15, 0.2) is 36.9 Å². The summed E-state index contributed by atoms with van der Waals surface area (Å²) < 4.78 is 1.96. The normalized spacial score (nSPS) is 16.0. The highest BCUT2D eigenvalue weighted by atomic mass is 35.5. The summed E-state index contributed by atoms with van der Waals surface area (Å²) in [6, 6.07) is 5.77. The van der Waals surface area contributed by atoms with Gasteiger partial charge in [0.05, 0.1) is 10.4 Å². The molecule has 0 bridgehead atoms. The average Bonchev–Trinajstić information content (AvgIpc) is 3.07. The Balaban J connectivity index is 1.70. The maximum atomic E-state index is 5.93. The molecule has 0 aliphatic carbocycles. The Morgan fingerprint density at radius 2 is 1.96 bits per heavy atom. The molecular formula is C17H19ClN6. The molecule has 0 radical (unpaired) electrons. The fourth-order valence-electron chi connectivity index (χ4n) is 3.27. The molecule has 0 aromatic carbocycles. The van der Waals surface area contributed by atoms with Crippen molar-refractivity contribution in [1.82, 2.24) is 19.5 Å². The molecule has 4 heterocycles. The Kier molecular flexibility index (Phi) is 4.08.